The van der Waals surface area contributed by atoms with E-state index in [4.69, 9.17) is 10.5 Å². The first kappa shape index (κ1) is 24.6. The molecule has 0 heterocycles. The molecule has 4 bridgehead atoms. The van der Waals surface area contributed by atoms with Crippen LogP contribution in [0.25, 0.3) is 0 Å². The molecular weight excluding hydrogens is 466 g/mol. The van der Waals surface area contributed by atoms with Gasteiger partial charge in [0, 0.05) is 17.5 Å². The maximum absolute atomic E-state index is 13.9. The fourth-order valence-corrected chi connectivity index (χ4v) is 9.59. The van der Waals surface area contributed by atoms with Crippen LogP contribution in [0.1, 0.15) is 61.6 Å². The van der Waals surface area contributed by atoms with Crippen LogP contribution in [0.3, 0.4) is 0 Å². The fraction of sp³-hybridized carbons (Fsp3) is 0.692. The second-order valence-electron chi connectivity index (χ2n) is 11.5. The Labute approximate surface area is 208 Å². The van der Waals surface area contributed by atoms with Crippen LogP contribution >= 0.6 is 0 Å². The van der Waals surface area contributed by atoms with Crippen molar-refractivity contribution in [1.29, 1.82) is 0 Å². The molecule has 5 fully saturated rings. The molecule has 2 amide bonds. The molecule has 5 aliphatic carbocycles. The summed E-state index contributed by atoms with van der Waals surface area (Å²) in [5, 5.41) is 3.20. The van der Waals surface area contributed by atoms with Crippen molar-refractivity contribution in [3.63, 3.8) is 0 Å². The summed E-state index contributed by atoms with van der Waals surface area (Å²) >= 11 is 0. The van der Waals surface area contributed by atoms with Gasteiger partial charge < -0.3 is 15.8 Å². The predicted molar refractivity (Wildman–Crippen MR) is 131 cm³/mol. The summed E-state index contributed by atoms with van der Waals surface area (Å²) < 4.78 is 34.5. The molecule has 0 radical (unpaired) electrons. The molecule has 0 aliphatic heterocycles. The number of sulfonamides is 1. The molecular formula is C26H37N3O5S. The molecule has 0 aromatic heterocycles. The second kappa shape index (κ2) is 8.47. The summed E-state index contributed by atoms with van der Waals surface area (Å²) in [7, 11) is -2.29. The summed E-state index contributed by atoms with van der Waals surface area (Å²) in [6.45, 7) is 5.24. The van der Waals surface area contributed by atoms with Crippen molar-refractivity contribution in [3.8, 4) is 5.75 Å². The molecule has 0 saturated heterocycles. The predicted octanol–water partition coefficient (Wildman–Crippen LogP) is 2.57. The van der Waals surface area contributed by atoms with Crippen molar-refractivity contribution in [3.05, 3.63) is 22.8 Å². The van der Waals surface area contributed by atoms with Crippen molar-refractivity contribution < 1.29 is 22.7 Å². The molecule has 6 rings (SSSR count). The largest absolute Gasteiger partial charge is 0.496 e. The number of rotatable bonds is 8. The number of nitrogens with one attached hydrogen (secondary N) is 1. The molecule has 2 atom stereocenters. The van der Waals surface area contributed by atoms with E-state index in [1.165, 1.54) is 4.31 Å². The van der Waals surface area contributed by atoms with Gasteiger partial charge in [-0.25, -0.2) is 8.42 Å². The second-order valence-corrected chi connectivity index (χ2v) is 13.3. The maximum Gasteiger partial charge on any atom is 0.244 e. The molecule has 35 heavy (non-hydrogen) atoms. The van der Waals surface area contributed by atoms with Crippen LogP contribution in [-0.2, 0) is 19.6 Å². The average molecular weight is 504 g/mol. The van der Waals surface area contributed by atoms with Gasteiger partial charge in [-0.3, -0.25) is 9.59 Å². The van der Waals surface area contributed by atoms with E-state index in [1.807, 2.05) is 6.92 Å². The Hall–Kier alpha value is -2.13. The summed E-state index contributed by atoms with van der Waals surface area (Å²) in [6.07, 6.45) is 5.87. The number of primary amides is 1. The molecule has 5 aliphatic rings. The molecule has 1 aromatic carbocycles. The van der Waals surface area contributed by atoms with Gasteiger partial charge in [-0.1, -0.05) is 0 Å². The number of nitrogens with two attached hydrogens (primary N) is 1. The number of ether oxygens (including phenoxy) is 1. The van der Waals surface area contributed by atoms with E-state index in [9.17, 15) is 18.0 Å². The van der Waals surface area contributed by atoms with Gasteiger partial charge in [0.1, 0.15) is 5.75 Å². The zero-order valence-electron chi connectivity index (χ0n) is 21.1. The van der Waals surface area contributed by atoms with Crippen LogP contribution in [0, 0.1) is 43.9 Å². The minimum absolute atomic E-state index is 0.0121. The topological polar surface area (TPSA) is 119 Å². The van der Waals surface area contributed by atoms with Gasteiger partial charge >= 0.3 is 0 Å². The highest BCUT2D eigenvalue weighted by Crippen LogP contribution is 2.59. The third-order valence-electron chi connectivity index (χ3n) is 9.14. The lowest BCUT2D eigenvalue weighted by Crippen LogP contribution is -2.62. The fourth-order valence-electron chi connectivity index (χ4n) is 7.46. The molecule has 5 saturated carbocycles. The normalized spacial score (nSPS) is 31.6. The van der Waals surface area contributed by atoms with Gasteiger partial charge in [0.05, 0.1) is 18.6 Å². The molecule has 1 aromatic rings. The number of benzene rings is 1. The van der Waals surface area contributed by atoms with E-state index >= 15 is 0 Å². The summed E-state index contributed by atoms with van der Waals surface area (Å²) in [6, 6.07) is 1.59. The monoisotopic (exact) mass is 503 g/mol. The summed E-state index contributed by atoms with van der Waals surface area (Å²) in [5.41, 5.74) is 7.44. The van der Waals surface area contributed by atoms with Crippen LogP contribution in [0.2, 0.25) is 0 Å². The van der Waals surface area contributed by atoms with Crippen LogP contribution in [-0.4, -0.2) is 50.3 Å². The van der Waals surface area contributed by atoms with E-state index < -0.39 is 15.4 Å². The van der Waals surface area contributed by atoms with Crippen LogP contribution in [0.4, 0.5) is 0 Å². The van der Waals surface area contributed by atoms with E-state index in [-0.39, 0.29) is 47.2 Å². The SMILES string of the molecule is COc1cc(C)c(S(=O)(=O)N(CC(=O)NC2C3CC4CC2CC(C(N)=O)(C4)C3)C2CC2)c(C)c1C. The minimum Gasteiger partial charge on any atom is -0.496 e. The lowest BCUT2D eigenvalue weighted by atomic mass is 9.47. The summed E-state index contributed by atoms with van der Waals surface area (Å²) in [5.74, 6) is 1.17. The minimum atomic E-state index is -3.87. The number of carbonyl (C=O) groups excluding carboxylic acids is 2. The molecule has 192 valence electrons. The van der Waals surface area contributed by atoms with Crippen molar-refractivity contribution >= 4 is 21.8 Å². The third-order valence-corrected chi connectivity index (χ3v) is 11.3. The third kappa shape index (κ3) is 4.04. The van der Waals surface area contributed by atoms with E-state index in [2.05, 4.69) is 5.32 Å². The number of aryl methyl sites for hydroxylation is 1. The van der Waals surface area contributed by atoms with E-state index in [0.717, 1.165) is 50.5 Å². The Morgan fingerprint density at radius 3 is 2.29 bits per heavy atom. The number of carbonyl (C=O) groups is 2. The molecule has 8 nitrogen and oxygen atoms in total. The van der Waals surface area contributed by atoms with Crippen LogP contribution < -0.4 is 15.8 Å². The quantitative estimate of drug-likeness (QED) is 0.565. The number of methoxy groups -OCH3 is 1. The lowest BCUT2D eigenvalue weighted by molar-refractivity contribution is -0.147. The molecule has 9 heteroatoms. The maximum atomic E-state index is 13.9. The first-order valence-electron chi connectivity index (χ1n) is 12.7. The Morgan fingerprint density at radius 1 is 1.11 bits per heavy atom. The first-order chi connectivity index (χ1) is 16.5. The van der Waals surface area contributed by atoms with Gasteiger partial charge in [0.2, 0.25) is 21.8 Å². The summed E-state index contributed by atoms with van der Waals surface area (Å²) in [4.78, 5) is 25.8. The van der Waals surface area contributed by atoms with Gasteiger partial charge in [0.15, 0.2) is 0 Å². The van der Waals surface area contributed by atoms with Gasteiger partial charge in [0.25, 0.3) is 0 Å². The highest BCUT2D eigenvalue weighted by atomic mass is 32.2. The Morgan fingerprint density at radius 2 is 1.74 bits per heavy atom. The van der Waals surface area contributed by atoms with Gasteiger partial charge in [-0.15, -0.1) is 0 Å². The smallest absolute Gasteiger partial charge is 0.244 e. The zero-order valence-corrected chi connectivity index (χ0v) is 21.9. The zero-order chi connectivity index (χ0) is 25.3. The highest BCUT2D eigenvalue weighted by molar-refractivity contribution is 7.89. The highest BCUT2D eigenvalue weighted by Gasteiger charge is 2.58. The van der Waals surface area contributed by atoms with Crippen molar-refractivity contribution in [2.24, 2.45) is 28.9 Å². The van der Waals surface area contributed by atoms with Crippen molar-refractivity contribution in [2.45, 2.75) is 82.7 Å². The molecule has 2 unspecified atom stereocenters. The van der Waals surface area contributed by atoms with E-state index in [0.29, 0.717) is 22.8 Å². The first-order valence-corrected chi connectivity index (χ1v) is 14.2. The number of amides is 2. The Kier molecular flexibility index (Phi) is 5.95. The Bertz CT molecular complexity index is 1160. The van der Waals surface area contributed by atoms with Gasteiger partial charge in [-0.2, -0.15) is 4.31 Å². The van der Waals surface area contributed by atoms with Crippen molar-refractivity contribution in [1.82, 2.24) is 9.62 Å². The van der Waals surface area contributed by atoms with E-state index in [1.54, 1.807) is 27.0 Å². The average Bonchev–Trinajstić information content (AvgIpc) is 3.61. The Balaban J connectivity index is 1.35. The standard InChI is InChI=1S/C26H37N3O5S/c1-14-7-21(34-4)15(2)16(3)24(14)35(32,33)29(20-5-6-20)13-22(30)28-23-18-8-17-9-19(23)12-26(10-17,11-18)25(27)31/h7,17-20,23H,5-6,8-13H2,1-4H3,(H2,27,31)(H,28,30). The lowest BCUT2D eigenvalue weighted by Gasteiger charge is -2.58. The number of hydrogen-bond donors (Lipinski definition) is 2. The van der Waals surface area contributed by atoms with Crippen LogP contribution in [0.15, 0.2) is 11.0 Å². The number of nitrogens with zero attached hydrogens (tertiary/aromatic N) is 1. The van der Waals surface area contributed by atoms with Gasteiger partial charge in [-0.05, 0) is 106 Å². The number of hydrogen-bond acceptors (Lipinski definition) is 5. The molecule has 0 spiro atoms. The van der Waals surface area contributed by atoms with Crippen LogP contribution in [0.5, 0.6) is 5.75 Å². The van der Waals surface area contributed by atoms with Crippen molar-refractivity contribution in [2.75, 3.05) is 13.7 Å². The molecule has 3 N–H and O–H groups in total.